The minimum atomic E-state index is -3.90. The molecule has 2 aliphatic heterocycles. The zero-order valence-corrected chi connectivity index (χ0v) is 42.9. The Kier molecular flexibility index (Phi) is 16.9. The lowest BCUT2D eigenvalue weighted by atomic mass is 9.87. The molecular weight excluding hydrogens is 991 g/mol. The lowest BCUT2D eigenvalue weighted by molar-refractivity contribution is 0.457. The third-order valence-electron chi connectivity index (χ3n) is 11.6. The van der Waals surface area contributed by atoms with Crippen LogP contribution in [-0.4, -0.2) is 91.5 Å². The minimum Gasteiger partial charge on any atom is -0.315 e. The number of rotatable bonds is 11. The number of sulfonamides is 3. The summed E-state index contributed by atoms with van der Waals surface area (Å²) in [5, 5.41) is 20.8. The molecule has 0 spiro atoms. The van der Waals surface area contributed by atoms with E-state index in [0.717, 1.165) is 30.6 Å². The number of hydrogen-bond acceptors (Lipinski definition) is 11. The highest BCUT2D eigenvalue weighted by Crippen LogP contribution is 2.36. The molecule has 0 amide bonds. The second kappa shape index (κ2) is 21.2. The standard InChI is InChI=1S/C23H28ClN5O4S2.C22H26ClN5O2S.CH4.ClH/c1-23(2,3)16-5-8-19(9-6-16)35(32,33)27-21-10-7-17(24)13-20(21)22-26-25-15-29(22)18-11-12-28(14-18)34(4,30)31;1-22(2,3)15-4-7-18(8-5-15)31(29,30)27-20-9-6-16(23)12-19(20)21-26-25-14-28(21)17-10-11-24-13-17;;/h5-10,13,15,18,27H,11-12,14H2,1-4H3;4-9,12,14,17,24,27H,10-11,13H2,1-3H3;1H4;1H. The van der Waals surface area contributed by atoms with Gasteiger partial charge in [-0.2, -0.15) is 0 Å². The molecule has 2 unspecified atom stereocenters. The molecule has 16 nitrogen and oxygen atoms in total. The molecule has 4 heterocycles. The van der Waals surface area contributed by atoms with Crippen molar-refractivity contribution in [1.29, 1.82) is 0 Å². The molecule has 4 aromatic carbocycles. The largest absolute Gasteiger partial charge is 0.315 e. The highest BCUT2D eigenvalue weighted by molar-refractivity contribution is 7.93. The van der Waals surface area contributed by atoms with Gasteiger partial charge in [0.2, 0.25) is 10.0 Å². The van der Waals surface area contributed by atoms with Crippen LogP contribution in [0.15, 0.2) is 107 Å². The van der Waals surface area contributed by atoms with Crippen LogP contribution in [0.2, 0.25) is 10.0 Å². The first-order valence-electron chi connectivity index (χ1n) is 21.2. The van der Waals surface area contributed by atoms with Crippen molar-refractivity contribution in [2.75, 3.05) is 41.9 Å². The molecule has 0 saturated carbocycles. The minimum absolute atomic E-state index is 0. The molecule has 0 aliphatic carbocycles. The first kappa shape index (κ1) is 54.3. The zero-order valence-electron chi connectivity index (χ0n) is 38.1. The van der Waals surface area contributed by atoms with E-state index in [2.05, 4.69) is 76.7 Å². The van der Waals surface area contributed by atoms with E-state index in [4.69, 9.17) is 23.2 Å². The normalized spacial score (nSPS) is 16.8. The van der Waals surface area contributed by atoms with Crippen molar-refractivity contribution in [2.45, 2.75) is 94.5 Å². The fourth-order valence-corrected chi connectivity index (χ4v) is 11.2. The predicted octanol–water partition coefficient (Wildman–Crippen LogP) is 9.19. The van der Waals surface area contributed by atoms with Crippen LogP contribution in [0.25, 0.3) is 22.8 Å². The first-order chi connectivity index (χ1) is 30.9. The number of hydrogen-bond donors (Lipinski definition) is 3. The van der Waals surface area contributed by atoms with Crippen molar-refractivity contribution < 1.29 is 25.3 Å². The van der Waals surface area contributed by atoms with Crippen LogP contribution >= 0.6 is 35.6 Å². The van der Waals surface area contributed by atoms with Gasteiger partial charge >= 0.3 is 0 Å². The van der Waals surface area contributed by atoms with Crippen LogP contribution in [-0.2, 0) is 40.9 Å². The topological polar surface area (TPSA) is 203 Å². The Hall–Kier alpha value is -4.60. The van der Waals surface area contributed by atoms with E-state index in [1.54, 1.807) is 71.6 Å². The molecule has 0 bridgehead atoms. The van der Waals surface area contributed by atoms with Gasteiger partial charge in [-0.25, -0.2) is 29.6 Å². The number of nitrogens with one attached hydrogen (secondary N) is 3. The lowest BCUT2D eigenvalue weighted by Crippen LogP contribution is -2.28. The van der Waals surface area contributed by atoms with E-state index in [-0.39, 0.29) is 59.1 Å². The summed E-state index contributed by atoms with van der Waals surface area (Å²) in [6, 6.07) is 23.6. The van der Waals surface area contributed by atoms with Gasteiger partial charge in [0, 0.05) is 40.8 Å². The molecule has 3 N–H and O–H groups in total. The second-order valence-corrected chi connectivity index (χ2v) is 24.7. The number of anilines is 2. The van der Waals surface area contributed by atoms with Gasteiger partial charge in [-0.05, 0) is 102 Å². The monoisotopic (exact) mass is 1050 g/mol. The molecule has 2 saturated heterocycles. The number of benzene rings is 4. The summed E-state index contributed by atoms with van der Waals surface area (Å²) in [5.41, 5.74) is 3.67. The zero-order chi connectivity index (χ0) is 47.8. The molecule has 8 rings (SSSR count). The molecule has 22 heteroatoms. The van der Waals surface area contributed by atoms with Crippen molar-refractivity contribution in [3.05, 3.63) is 119 Å². The number of nitrogens with zero attached hydrogens (tertiary/aromatic N) is 7. The Bertz CT molecular complexity index is 3040. The summed E-state index contributed by atoms with van der Waals surface area (Å²) in [4.78, 5) is 0.329. The van der Waals surface area contributed by atoms with Crippen LogP contribution < -0.4 is 14.8 Å². The SMILES string of the molecule is C.CC(C)(C)c1ccc(S(=O)(=O)Nc2ccc(Cl)cc2-c2nncn2C2CCN(S(C)(=O)=O)C2)cc1.CC(C)(C)c1ccc(S(=O)(=O)Nc2ccc(Cl)cc2-c2nncn2C2CCNC2)cc1.Cl. The highest BCUT2D eigenvalue weighted by atomic mass is 35.5. The maximum absolute atomic E-state index is 13.2. The maximum atomic E-state index is 13.2. The molecule has 2 aliphatic rings. The molecule has 68 heavy (non-hydrogen) atoms. The van der Waals surface area contributed by atoms with Gasteiger partial charge in [0.1, 0.15) is 12.7 Å². The van der Waals surface area contributed by atoms with E-state index in [0.29, 0.717) is 57.2 Å². The van der Waals surface area contributed by atoms with Gasteiger partial charge in [-0.1, -0.05) is 96.4 Å². The first-order valence-corrected chi connectivity index (χ1v) is 26.8. The van der Waals surface area contributed by atoms with Crippen molar-refractivity contribution in [3.63, 3.8) is 0 Å². The summed E-state index contributed by atoms with van der Waals surface area (Å²) >= 11 is 12.5. The second-order valence-electron chi connectivity index (χ2n) is 18.5. The molecule has 6 aromatic rings. The molecule has 2 fully saturated rings. The molecule has 2 aromatic heterocycles. The van der Waals surface area contributed by atoms with E-state index in [1.807, 2.05) is 28.8 Å². The third-order valence-corrected chi connectivity index (χ3v) is 16.1. The van der Waals surface area contributed by atoms with Gasteiger partial charge in [-0.3, -0.25) is 9.44 Å². The molecule has 2 atom stereocenters. The number of aromatic nitrogens is 6. The Morgan fingerprint density at radius 2 is 1.06 bits per heavy atom. The van der Waals surface area contributed by atoms with Crippen molar-refractivity contribution in [1.82, 2.24) is 39.2 Å². The van der Waals surface area contributed by atoms with Crippen LogP contribution in [0.5, 0.6) is 0 Å². The Morgan fingerprint density at radius 1 is 0.632 bits per heavy atom. The van der Waals surface area contributed by atoms with Crippen molar-refractivity contribution in [3.8, 4) is 22.8 Å². The number of halogens is 3. The summed E-state index contributed by atoms with van der Waals surface area (Å²) in [6.45, 7) is 14.8. The van der Waals surface area contributed by atoms with Gasteiger partial charge in [0.15, 0.2) is 11.6 Å². The van der Waals surface area contributed by atoms with E-state index >= 15 is 0 Å². The summed E-state index contributed by atoms with van der Waals surface area (Å²) in [6.07, 6.45) is 5.92. The summed E-state index contributed by atoms with van der Waals surface area (Å²) in [5.74, 6) is 0.977. The molecule has 0 radical (unpaired) electrons. The summed E-state index contributed by atoms with van der Waals surface area (Å²) in [7, 11) is -11.0. The van der Waals surface area contributed by atoms with Gasteiger partial charge < -0.3 is 14.5 Å². The quantitative estimate of drug-likeness (QED) is 0.112. The van der Waals surface area contributed by atoms with Crippen LogP contribution in [0, 0.1) is 0 Å². The average molecular weight is 1050 g/mol. The van der Waals surface area contributed by atoms with Crippen molar-refractivity contribution in [2.24, 2.45) is 0 Å². The predicted molar refractivity (Wildman–Crippen MR) is 273 cm³/mol. The maximum Gasteiger partial charge on any atom is 0.261 e. The summed E-state index contributed by atoms with van der Waals surface area (Å²) < 4.78 is 87.1. The third kappa shape index (κ3) is 12.6. The van der Waals surface area contributed by atoms with E-state index in [9.17, 15) is 25.3 Å². The van der Waals surface area contributed by atoms with Crippen molar-refractivity contribution >= 4 is 77.1 Å². The molecule has 368 valence electrons. The van der Waals surface area contributed by atoms with E-state index < -0.39 is 30.1 Å². The van der Waals surface area contributed by atoms with E-state index in [1.165, 1.54) is 16.9 Å². The van der Waals surface area contributed by atoms with Crippen LogP contribution in [0.3, 0.4) is 0 Å². The fraction of sp³-hybridized carbons (Fsp3) is 0.391. The van der Waals surface area contributed by atoms with Crippen LogP contribution in [0.1, 0.15) is 85.0 Å². The Labute approximate surface area is 416 Å². The van der Waals surface area contributed by atoms with Gasteiger partial charge in [0.05, 0.1) is 39.5 Å². The Morgan fingerprint density at radius 3 is 1.43 bits per heavy atom. The highest BCUT2D eigenvalue weighted by Gasteiger charge is 2.32. The smallest absolute Gasteiger partial charge is 0.261 e. The fourth-order valence-electron chi connectivity index (χ4n) is 7.78. The Balaban J connectivity index is 0.000000248. The average Bonchev–Trinajstić information content (AvgIpc) is 4.09. The van der Waals surface area contributed by atoms with Gasteiger partial charge in [-0.15, -0.1) is 32.8 Å². The molecular formula is C46H59Cl3N10O6S3. The van der Waals surface area contributed by atoms with Crippen LogP contribution in [0.4, 0.5) is 11.4 Å². The van der Waals surface area contributed by atoms with Gasteiger partial charge in [0.25, 0.3) is 20.0 Å². The lowest BCUT2D eigenvalue weighted by Gasteiger charge is -2.20.